The number of carboxylic acids is 1. The van der Waals surface area contributed by atoms with Gasteiger partial charge in [-0.15, -0.1) is 23.1 Å². The first-order chi connectivity index (χ1) is 9.19. The van der Waals surface area contributed by atoms with Crippen molar-refractivity contribution in [2.24, 2.45) is 0 Å². The molecule has 5 heteroatoms. The van der Waals surface area contributed by atoms with Crippen LogP contribution in [0.25, 0.3) is 0 Å². The molecule has 1 N–H and O–H groups in total. The molecule has 2 aromatic rings. The van der Waals surface area contributed by atoms with Gasteiger partial charge in [0.2, 0.25) is 0 Å². The number of nitrogens with zero attached hydrogens (tertiary/aromatic N) is 1. The van der Waals surface area contributed by atoms with E-state index in [0.29, 0.717) is 0 Å². The van der Waals surface area contributed by atoms with Gasteiger partial charge in [0, 0.05) is 9.77 Å². The van der Waals surface area contributed by atoms with E-state index in [1.807, 2.05) is 25.1 Å². The lowest BCUT2D eigenvalue weighted by Crippen LogP contribution is -2.00. The van der Waals surface area contributed by atoms with Crippen molar-refractivity contribution in [1.29, 1.82) is 0 Å². The predicted molar refractivity (Wildman–Crippen MR) is 78.8 cm³/mol. The molecule has 3 nitrogen and oxygen atoms in total. The van der Waals surface area contributed by atoms with Gasteiger partial charge < -0.3 is 5.11 Å². The Balaban J connectivity index is 2.04. The molecule has 0 aliphatic rings. The van der Waals surface area contributed by atoms with Crippen LogP contribution in [0, 0.1) is 0 Å². The summed E-state index contributed by atoms with van der Waals surface area (Å²) < 4.78 is 0. The van der Waals surface area contributed by atoms with E-state index < -0.39 is 5.97 Å². The summed E-state index contributed by atoms with van der Waals surface area (Å²) in [6.07, 6.45) is 0.867. The van der Waals surface area contributed by atoms with Crippen LogP contribution in [0.1, 0.15) is 22.5 Å². The monoisotopic (exact) mass is 293 g/mol. The van der Waals surface area contributed by atoms with Crippen molar-refractivity contribution in [3.05, 3.63) is 45.9 Å². The van der Waals surface area contributed by atoms with Crippen molar-refractivity contribution in [3.63, 3.8) is 0 Å². The van der Waals surface area contributed by atoms with Crippen LogP contribution in [0.2, 0.25) is 0 Å². The lowest BCUT2D eigenvalue weighted by molar-refractivity contribution is -0.136. The minimum atomic E-state index is -0.791. The maximum Gasteiger partial charge on any atom is 0.308 e. The Bertz CT molecular complexity index is 552. The summed E-state index contributed by atoms with van der Waals surface area (Å²) in [5.74, 6) is 0.00186. The standard InChI is InChI=1S/C14H15NO2S2/c1-2-11-12(8-14(16)17)19-13(15-11)9-18-10-6-4-3-5-7-10/h3-7H,2,8-9H2,1H3,(H,16,17). The number of aromatic nitrogens is 1. The summed E-state index contributed by atoms with van der Waals surface area (Å²) in [7, 11) is 0. The van der Waals surface area contributed by atoms with Gasteiger partial charge in [-0.1, -0.05) is 25.1 Å². The molecule has 0 bridgehead atoms. The summed E-state index contributed by atoms with van der Waals surface area (Å²) in [4.78, 5) is 17.4. The smallest absolute Gasteiger partial charge is 0.308 e. The third-order valence-electron chi connectivity index (χ3n) is 2.57. The third kappa shape index (κ3) is 4.08. The summed E-state index contributed by atoms with van der Waals surface area (Å²) in [6.45, 7) is 2.01. The van der Waals surface area contributed by atoms with Gasteiger partial charge >= 0.3 is 5.97 Å². The van der Waals surface area contributed by atoms with Crippen LogP contribution in [0.3, 0.4) is 0 Å². The molecule has 100 valence electrons. The van der Waals surface area contributed by atoms with Gasteiger partial charge in [-0.2, -0.15) is 0 Å². The molecule has 19 heavy (non-hydrogen) atoms. The molecule has 0 unspecified atom stereocenters. The van der Waals surface area contributed by atoms with E-state index in [2.05, 4.69) is 17.1 Å². The second kappa shape index (κ2) is 6.73. The molecular weight excluding hydrogens is 278 g/mol. The molecule has 1 heterocycles. The van der Waals surface area contributed by atoms with Crippen molar-refractivity contribution < 1.29 is 9.90 Å². The molecule has 0 saturated heterocycles. The van der Waals surface area contributed by atoms with Crippen molar-refractivity contribution in [1.82, 2.24) is 4.98 Å². The molecule has 0 spiro atoms. The summed E-state index contributed by atoms with van der Waals surface area (Å²) in [5, 5.41) is 9.88. The van der Waals surface area contributed by atoms with E-state index >= 15 is 0 Å². The topological polar surface area (TPSA) is 50.2 Å². The Morgan fingerprint density at radius 3 is 2.74 bits per heavy atom. The minimum Gasteiger partial charge on any atom is -0.481 e. The highest BCUT2D eigenvalue weighted by molar-refractivity contribution is 7.98. The number of carbonyl (C=O) groups is 1. The number of rotatable bonds is 6. The zero-order chi connectivity index (χ0) is 13.7. The van der Waals surface area contributed by atoms with Gasteiger partial charge in [0.25, 0.3) is 0 Å². The number of thiazole rings is 1. The normalized spacial score (nSPS) is 10.6. The maximum atomic E-state index is 10.8. The summed E-state index contributed by atoms with van der Waals surface area (Å²) in [5.41, 5.74) is 0.927. The largest absolute Gasteiger partial charge is 0.481 e. The molecule has 0 fully saturated rings. The van der Waals surface area contributed by atoms with E-state index in [9.17, 15) is 4.79 Å². The lowest BCUT2D eigenvalue weighted by atomic mass is 10.2. The Labute approximate surface area is 120 Å². The predicted octanol–water partition coefficient (Wildman–Crippen LogP) is 3.62. The molecule has 1 aromatic heterocycles. The van der Waals surface area contributed by atoms with Crippen molar-refractivity contribution in [2.45, 2.75) is 30.4 Å². The molecule has 2 rings (SSSR count). The van der Waals surface area contributed by atoms with E-state index in [4.69, 9.17) is 5.11 Å². The highest BCUT2D eigenvalue weighted by atomic mass is 32.2. The fourth-order valence-corrected chi connectivity index (χ4v) is 3.77. The van der Waals surface area contributed by atoms with Crippen molar-refractivity contribution in [2.75, 3.05) is 0 Å². The molecule has 0 aliphatic carbocycles. The third-order valence-corrected chi connectivity index (χ3v) is 4.88. The zero-order valence-electron chi connectivity index (χ0n) is 10.6. The van der Waals surface area contributed by atoms with Crippen molar-refractivity contribution in [3.8, 4) is 0 Å². The Kier molecular flexibility index (Phi) is 4.99. The zero-order valence-corrected chi connectivity index (χ0v) is 12.3. The number of aliphatic carboxylic acids is 1. The van der Waals surface area contributed by atoms with Crippen LogP contribution in [-0.2, 0) is 23.4 Å². The second-order valence-electron chi connectivity index (χ2n) is 4.00. The molecular formula is C14H15NO2S2. The lowest BCUT2D eigenvalue weighted by Gasteiger charge is -1.97. The summed E-state index contributed by atoms with van der Waals surface area (Å²) >= 11 is 3.24. The van der Waals surface area contributed by atoms with Gasteiger partial charge in [0.15, 0.2) is 0 Å². The van der Waals surface area contributed by atoms with Gasteiger partial charge in [-0.05, 0) is 18.6 Å². The molecule has 0 saturated carbocycles. The fraction of sp³-hybridized carbons (Fsp3) is 0.286. The van der Waals surface area contributed by atoms with Crippen molar-refractivity contribution >= 4 is 29.1 Å². The van der Waals surface area contributed by atoms with Crippen LogP contribution in [0.15, 0.2) is 35.2 Å². The number of thioether (sulfide) groups is 1. The first kappa shape index (κ1) is 14.1. The molecule has 0 aliphatic heterocycles. The van der Waals surface area contributed by atoms with E-state index in [1.54, 1.807) is 11.8 Å². The van der Waals surface area contributed by atoms with Gasteiger partial charge in [0.05, 0.1) is 17.9 Å². The van der Waals surface area contributed by atoms with E-state index in [0.717, 1.165) is 27.8 Å². The maximum absolute atomic E-state index is 10.8. The SMILES string of the molecule is CCc1nc(CSc2ccccc2)sc1CC(=O)O. The number of hydrogen-bond acceptors (Lipinski definition) is 4. The quantitative estimate of drug-likeness (QED) is 0.826. The van der Waals surface area contributed by atoms with Crippen LogP contribution in [-0.4, -0.2) is 16.1 Å². The Hall–Kier alpha value is -1.33. The molecule has 0 atom stereocenters. The highest BCUT2D eigenvalue weighted by Crippen LogP contribution is 2.27. The number of benzene rings is 1. The fourth-order valence-electron chi connectivity index (χ4n) is 1.71. The average Bonchev–Trinajstić information content (AvgIpc) is 2.79. The Morgan fingerprint density at radius 1 is 1.37 bits per heavy atom. The number of carboxylic acid groups (broad SMARTS) is 1. The van der Waals surface area contributed by atoms with Crippen LogP contribution >= 0.6 is 23.1 Å². The van der Waals surface area contributed by atoms with E-state index in [-0.39, 0.29) is 6.42 Å². The Morgan fingerprint density at radius 2 is 2.11 bits per heavy atom. The molecule has 0 amide bonds. The number of hydrogen-bond donors (Lipinski definition) is 1. The van der Waals surface area contributed by atoms with Gasteiger partial charge in [-0.3, -0.25) is 4.79 Å². The minimum absolute atomic E-state index is 0.0802. The average molecular weight is 293 g/mol. The van der Waals surface area contributed by atoms with Gasteiger partial charge in [-0.25, -0.2) is 4.98 Å². The van der Waals surface area contributed by atoms with Gasteiger partial charge in [0.1, 0.15) is 5.01 Å². The summed E-state index contributed by atoms with van der Waals surface area (Å²) in [6, 6.07) is 10.1. The first-order valence-electron chi connectivity index (χ1n) is 6.06. The van der Waals surface area contributed by atoms with Crippen LogP contribution in [0.4, 0.5) is 0 Å². The van der Waals surface area contributed by atoms with Crippen LogP contribution < -0.4 is 0 Å². The second-order valence-corrected chi connectivity index (χ2v) is 6.22. The number of aryl methyl sites for hydroxylation is 1. The first-order valence-corrected chi connectivity index (χ1v) is 7.86. The van der Waals surface area contributed by atoms with E-state index in [1.165, 1.54) is 16.2 Å². The molecule has 1 aromatic carbocycles. The molecule has 0 radical (unpaired) electrons. The highest BCUT2D eigenvalue weighted by Gasteiger charge is 2.12. The van der Waals surface area contributed by atoms with Crippen LogP contribution in [0.5, 0.6) is 0 Å².